The number of rotatable bonds is 6. The molecule has 3 N–H and O–H groups in total. The summed E-state index contributed by atoms with van der Waals surface area (Å²) in [5.74, 6) is -0.136. The Morgan fingerprint density at radius 2 is 2.30 bits per heavy atom. The highest BCUT2D eigenvalue weighted by molar-refractivity contribution is 5.94. The quantitative estimate of drug-likeness (QED) is 0.844. The second kappa shape index (κ2) is 6.86. The van der Waals surface area contributed by atoms with Crippen LogP contribution in [0, 0.1) is 0 Å². The van der Waals surface area contributed by atoms with Crippen LogP contribution < -0.4 is 11.1 Å². The molecule has 1 atom stereocenters. The Bertz CT molecular complexity index is 551. The molecule has 1 amide bonds. The molecule has 0 spiro atoms. The van der Waals surface area contributed by atoms with E-state index in [2.05, 4.69) is 10.4 Å². The van der Waals surface area contributed by atoms with Crippen molar-refractivity contribution in [3.05, 3.63) is 48.3 Å². The van der Waals surface area contributed by atoms with Gasteiger partial charge in [-0.05, 0) is 30.2 Å². The number of amides is 1. The number of nitrogens with one attached hydrogen (secondary N) is 1. The molecule has 0 bridgehead atoms. The van der Waals surface area contributed by atoms with Crippen molar-refractivity contribution in [3.63, 3.8) is 0 Å². The average Bonchev–Trinajstić information content (AvgIpc) is 2.92. The van der Waals surface area contributed by atoms with E-state index in [9.17, 15) is 4.79 Å². The molecule has 0 saturated heterocycles. The van der Waals surface area contributed by atoms with Crippen LogP contribution in [0.2, 0.25) is 0 Å². The van der Waals surface area contributed by atoms with Crippen molar-refractivity contribution in [1.82, 2.24) is 9.78 Å². The molecule has 0 saturated carbocycles. The van der Waals surface area contributed by atoms with Gasteiger partial charge in [0.05, 0.1) is 12.6 Å². The van der Waals surface area contributed by atoms with Crippen LogP contribution in [-0.2, 0) is 11.3 Å². The van der Waals surface area contributed by atoms with Crippen LogP contribution in [-0.4, -0.2) is 21.7 Å². The summed E-state index contributed by atoms with van der Waals surface area (Å²) in [6.45, 7) is 2.69. The molecule has 1 aromatic heterocycles. The first kappa shape index (κ1) is 14.3. The highest BCUT2D eigenvalue weighted by Crippen LogP contribution is 2.12. The lowest BCUT2D eigenvalue weighted by atomic mass is 10.1. The van der Waals surface area contributed by atoms with Crippen LogP contribution in [0.4, 0.5) is 5.69 Å². The molecule has 20 heavy (non-hydrogen) atoms. The fourth-order valence-corrected chi connectivity index (χ4v) is 2.01. The summed E-state index contributed by atoms with van der Waals surface area (Å²) in [5, 5.41) is 7.02. The maximum atomic E-state index is 11.9. The van der Waals surface area contributed by atoms with Gasteiger partial charge in [-0.15, -0.1) is 0 Å². The summed E-state index contributed by atoms with van der Waals surface area (Å²) in [6, 6.07) is 9.16. The molecule has 0 aliphatic heterocycles. The Kier molecular flexibility index (Phi) is 4.90. The molecule has 0 aliphatic carbocycles. The van der Waals surface area contributed by atoms with E-state index in [1.807, 2.05) is 48.1 Å². The van der Waals surface area contributed by atoms with Crippen LogP contribution in [0.3, 0.4) is 0 Å². The third-order valence-electron chi connectivity index (χ3n) is 3.03. The molecule has 1 heterocycles. The first-order valence-corrected chi connectivity index (χ1v) is 6.82. The Morgan fingerprint density at radius 1 is 1.45 bits per heavy atom. The lowest BCUT2D eigenvalue weighted by Crippen LogP contribution is -2.35. The van der Waals surface area contributed by atoms with Crippen LogP contribution in [0.15, 0.2) is 42.7 Å². The van der Waals surface area contributed by atoms with Crippen LogP contribution in [0.5, 0.6) is 0 Å². The Hall–Kier alpha value is -2.14. The van der Waals surface area contributed by atoms with E-state index in [1.54, 1.807) is 6.20 Å². The van der Waals surface area contributed by atoms with Crippen molar-refractivity contribution in [2.75, 3.05) is 5.32 Å². The van der Waals surface area contributed by atoms with Crippen molar-refractivity contribution < 1.29 is 4.79 Å². The van der Waals surface area contributed by atoms with E-state index in [-0.39, 0.29) is 5.91 Å². The third kappa shape index (κ3) is 3.93. The lowest BCUT2D eigenvalue weighted by molar-refractivity contribution is -0.117. The monoisotopic (exact) mass is 272 g/mol. The zero-order valence-corrected chi connectivity index (χ0v) is 11.6. The number of carbonyl (C=O) groups excluding carboxylic acids is 1. The largest absolute Gasteiger partial charge is 0.325 e. The van der Waals surface area contributed by atoms with Gasteiger partial charge in [0.25, 0.3) is 0 Å². The predicted octanol–water partition coefficient (Wildman–Crippen LogP) is 2.00. The van der Waals surface area contributed by atoms with Crippen molar-refractivity contribution in [3.8, 4) is 0 Å². The highest BCUT2D eigenvalue weighted by Gasteiger charge is 2.12. The van der Waals surface area contributed by atoms with Crippen molar-refractivity contribution >= 4 is 11.6 Å². The fourth-order valence-electron chi connectivity index (χ4n) is 2.01. The van der Waals surface area contributed by atoms with Crippen molar-refractivity contribution in [2.24, 2.45) is 5.73 Å². The standard InChI is InChI=1S/C15H20N4O/c1-2-5-14(16)15(20)18-13-7-3-6-12(10-13)11-19-9-4-8-17-19/h3-4,6-10,14H,2,5,11,16H2,1H3,(H,18,20)/t14-/m1/s1. The minimum atomic E-state index is -0.449. The Labute approximate surface area is 118 Å². The molecule has 0 radical (unpaired) electrons. The van der Waals surface area contributed by atoms with Crippen molar-refractivity contribution in [2.45, 2.75) is 32.4 Å². The number of carbonyl (C=O) groups is 1. The number of nitrogens with two attached hydrogens (primary N) is 1. The molecule has 2 aromatic rings. The topological polar surface area (TPSA) is 72.9 Å². The summed E-state index contributed by atoms with van der Waals surface area (Å²) in [7, 11) is 0. The molecule has 106 valence electrons. The van der Waals surface area contributed by atoms with E-state index in [0.29, 0.717) is 13.0 Å². The molecular weight excluding hydrogens is 252 g/mol. The number of hydrogen-bond acceptors (Lipinski definition) is 3. The molecule has 0 aliphatic rings. The van der Waals surface area contributed by atoms with Gasteiger partial charge in [-0.1, -0.05) is 25.5 Å². The molecule has 1 aromatic carbocycles. The normalized spacial score (nSPS) is 12.1. The predicted molar refractivity (Wildman–Crippen MR) is 79.3 cm³/mol. The van der Waals surface area contributed by atoms with E-state index >= 15 is 0 Å². The van der Waals surface area contributed by atoms with Gasteiger partial charge < -0.3 is 11.1 Å². The molecule has 0 unspecified atom stereocenters. The number of aromatic nitrogens is 2. The highest BCUT2D eigenvalue weighted by atomic mass is 16.2. The first-order chi connectivity index (χ1) is 9.69. The average molecular weight is 272 g/mol. The van der Waals surface area contributed by atoms with E-state index < -0.39 is 6.04 Å². The molecule has 2 rings (SSSR count). The smallest absolute Gasteiger partial charge is 0.241 e. The van der Waals surface area contributed by atoms with E-state index in [0.717, 1.165) is 17.7 Å². The van der Waals surface area contributed by atoms with E-state index in [4.69, 9.17) is 5.73 Å². The minimum absolute atomic E-state index is 0.136. The second-order valence-electron chi connectivity index (χ2n) is 4.79. The van der Waals surface area contributed by atoms with Gasteiger partial charge in [-0.2, -0.15) is 5.10 Å². The van der Waals surface area contributed by atoms with Crippen LogP contribution in [0.1, 0.15) is 25.3 Å². The van der Waals surface area contributed by atoms with Gasteiger partial charge in [0.1, 0.15) is 0 Å². The first-order valence-electron chi connectivity index (χ1n) is 6.82. The molecular formula is C15H20N4O. The van der Waals surface area contributed by atoms with Crippen LogP contribution >= 0.6 is 0 Å². The summed E-state index contributed by atoms with van der Waals surface area (Å²) in [5.41, 5.74) is 7.65. The third-order valence-corrected chi connectivity index (χ3v) is 3.03. The summed E-state index contributed by atoms with van der Waals surface area (Å²) >= 11 is 0. The zero-order chi connectivity index (χ0) is 14.4. The van der Waals surface area contributed by atoms with Gasteiger partial charge in [-0.25, -0.2) is 0 Å². The lowest BCUT2D eigenvalue weighted by Gasteiger charge is -2.12. The Balaban J connectivity index is 2.00. The van der Waals surface area contributed by atoms with Gasteiger partial charge >= 0.3 is 0 Å². The SMILES string of the molecule is CCC[C@@H](N)C(=O)Nc1cccc(Cn2cccn2)c1. The number of nitrogens with zero attached hydrogens (tertiary/aromatic N) is 2. The fraction of sp³-hybridized carbons (Fsp3) is 0.333. The molecule has 5 nitrogen and oxygen atoms in total. The summed E-state index contributed by atoms with van der Waals surface area (Å²) in [4.78, 5) is 11.9. The van der Waals surface area contributed by atoms with Gasteiger partial charge in [0.2, 0.25) is 5.91 Å². The minimum Gasteiger partial charge on any atom is -0.325 e. The van der Waals surface area contributed by atoms with Gasteiger partial charge in [0.15, 0.2) is 0 Å². The number of hydrogen-bond donors (Lipinski definition) is 2. The van der Waals surface area contributed by atoms with Gasteiger partial charge in [-0.3, -0.25) is 9.48 Å². The Morgan fingerprint density at radius 3 is 3.00 bits per heavy atom. The summed E-state index contributed by atoms with van der Waals surface area (Å²) < 4.78 is 1.84. The number of benzene rings is 1. The maximum absolute atomic E-state index is 11.9. The number of anilines is 1. The van der Waals surface area contributed by atoms with Crippen molar-refractivity contribution in [1.29, 1.82) is 0 Å². The molecule has 0 fully saturated rings. The molecule has 5 heteroatoms. The summed E-state index contributed by atoms with van der Waals surface area (Å²) in [6.07, 6.45) is 5.24. The second-order valence-corrected chi connectivity index (χ2v) is 4.79. The van der Waals surface area contributed by atoms with Gasteiger partial charge in [0, 0.05) is 18.1 Å². The maximum Gasteiger partial charge on any atom is 0.241 e. The zero-order valence-electron chi connectivity index (χ0n) is 11.6. The van der Waals surface area contributed by atoms with E-state index in [1.165, 1.54) is 0 Å². The van der Waals surface area contributed by atoms with Crippen LogP contribution in [0.25, 0.3) is 0 Å².